The first-order valence-corrected chi connectivity index (χ1v) is 5.74. The standard InChI is InChI=1S/C13H19N/c1-2-12-7-6-8-13(11-12)14-9-4-3-5-10-14/h6-8,11H,2-5,9-10H2,1H3. The van der Waals surface area contributed by atoms with Crippen molar-refractivity contribution in [3.8, 4) is 0 Å². The van der Waals surface area contributed by atoms with E-state index < -0.39 is 0 Å². The smallest absolute Gasteiger partial charge is 0.0368 e. The quantitative estimate of drug-likeness (QED) is 0.690. The van der Waals surface area contributed by atoms with Gasteiger partial charge in [0.1, 0.15) is 0 Å². The molecule has 1 fully saturated rings. The molecule has 1 saturated heterocycles. The molecule has 0 N–H and O–H groups in total. The lowest BCUT2D eigenvalue weighted by Crippen LogP contribution is -2.29. The molecule has 0 unspecified atom stereocenters. The minimum absolute atomic E-state index is 1.14. The predicted molar refractivity (Wildman–Crippen MR) is 61.9 cm³/mol. The van der Waals surface area contributed by atoms with Gasteiger partial charge in [0.2, 0.25) is 0 Å². The Morgan fingerprint density at radius 3 is 2.64 bits per heavy atom. The van der Waals surface area contributed by atoms with Gasteiger partial charge in [-0.25, -0.2) is 0 Å². The Kier molecular flexibility index (Phi) is 3.07. The van der Waals surface area contributed by atoms with Crippen molar-refractivity contribution in [3.63, 3.8) is 0 Å². The largest absolute Gasteiger partial charge is 0.372 e. The SMILES string of the molecule is CCc1cccc(N2CCCCC2)c1. The summed E-state index contributed by atoms with van der Waals surface area (Å²) in [6.45, 7) is 4.70. The molecular weight excluding hydrogens is 170 g/mol. The lowest BCUT2D eigenvalue weighted by atomic mass is 10.1. The highest BCUT2D eigenvalue weighted by Gasteiger charge is 2.10. The molecular formula is C13H19N. The summed E-state index contributed by atoms with van der Waals surface area (Å²) in [6, 6.07) is 8.98. The van der Waals surface area contributed by atoms with Crippen LogP contribution in [-0.4, -0.2) is 13.1 Å². The molecule has 0 spiro atoms. The minimum atomic E-state index is 1.14. The molecule has 1 nitrogen and oxygen atoms in total. The van der Waals surface area contributed by atoms with E-state index in [0.717, 1.165) is 6.42 Å². The lowest BCUT2D eigenvalue weighted by molar-refractivity contribution is 0.577. The van der Waals surface area contributed by atoms with Crippen LogP contribution >= 0.6 is 0 Å². The summed E-state index contributed by atoms with van der Waals surface area (Å²) in [5, 5.41) is 0. The van der Waals surface area contributed by atoms with Gasteiger partial charge in [-0.3, -0.25) is 0 Å². The van der Waals surface area contributed by atoms with E-state index in [-0.39, 0.29) is 0 Å². The maximum Gasteiger partial charge on any atom is 0.0368 e. The zero-order chi connectivity index (χ0) is 9.80. The Labute approximate surface area is 86.7 Å². The minimum Gasteiger partial charge on any atom is -0.372 e. The van der Waals surface area contributed by atoms with Gasteiger partial charge in [-0.1, -0.05) is 19.1 Å². The summed E-state index contributed by atoms with van der Waals surface area (Å²) >= 11 is 0. The third kappa shape index (κ3) is 2.09. The first kappa shape index (κ1) is 9.57. The van der Waals surface area contributed by atoms with E-state index in [0.29, 0.717) is 0 Å². The van der Waals surface area contributed by atoms with Crippen LogP contribution in [0.3, 0.4) is 0 Å². The predicted octanol–water partition coefficient (Wildman–Crippen LogP) is 3.24. The van der Waals surface area contributed by atoms with Crippen molar-refractivity contribution < 1.29 is 0 Å². The van der Waals surface area contributed by atoms with Crippen LogP contribution < -0.4 is 4.90 Å². The van der Waals surface area contributed by atoms with Crippen LogP contribution in [0, 0.1) is 0 Å². The van der Waals surface area contributed by atoms with Gasteiger partial charge in [0.15, 0.2) is 0 Å². The summed E-state index contributed by atoms with van der Waals surface area (Å²) < 4.78 is 0. The van der Waals surface area contributed by atoms with Crippen LogP contribution in [0.15, 0.2) is 24.3 Å². The van der Waals surface area contributed by atoms with Gasteiger partial charge in [-0.15, -0.1) is 0 Å². The fraction of sp³-hybridized carbons (Fsp3) is 0.538. The second-order valence-electron chi connectivity index (χ2n) is 4.07. The van der Waals surface area contributed by atoms with Crippen molar-refractivity contribution in [2.45, 2.75) is 32.6 Å². The van der Waals surface area contributed by atoms with Crippen molar-refractivity contribution in [2.24, 2.45) is 0 Å². The maximum absolute atomic E-state index is 2.52. The Morgan fingerprint density at radius 1 is 1.14 bits per heavy atom. The Morgan fingerprint density at radius 2 is 1.93 bits per heavy atom. The summed E-state index contributed by atoms with van der Waals surface area (Å²) in [5.74, 6) is 0. The summed E-state index contributed by atoms with van der Waals surface area (Å²) in [5.41, 5.74) is 2.87. The first-order valence-electron chi connectivity index (χ1n) is 5.74. The fourth-order valence-corrected chi connectivity index (χ4v) is 2.13. The number of piperidine rings is 1. The summed E-state index contributed by atoms with van der Waals surface area (Å²) in [7, 11) is 0. The molecule has 0 saturated carbocycles. The Balaban J connectivity index is 2.13. The normalized spacial score (nSPS) is 17.1. The molecule has 0 aliphatic carbocycles. The second-order valence-corrected chi connectivity index (χ2v) is 4.07. The molecule has 2 rings (SSSR count). The zero-order valence-corrected chi connectivity index (χ0v) is 9.00. The molecule has 1 heterocycles. The summed E-state index contributed by atoms with van der Waals surface area (Å²) in [6.07, 6.45) is 5.26. The van der Waals surface area contributed by atoms with E-state index in [9.17, 15) is 0 Å². The molecule has 1 heteroatoms. The van der Waals surface area contributed by atoms with E-state index in [2.05, 4.69) is 36.1 Å². The van der Waals surface area contributed by atoms with E-state index in [1.807, 2.05) is 0 Å². The van der Waals surface area contributed by atoms with Crippen LogP contribution in [0.5, 0.6) is 0 Å². The van der Waals surface area contributed by atoms with E-state index in [1.54, 1.807) is 0 Å². The van der Waals surface area contributed by atoms with Gasteiger partial charge >= 0.3 is 0 Å². The monoisotopic (exact) mass is 189 g/mol. The highest BCUT2D eigenvalue weighted by molar-refractivity contribution is 5.48. The van der Waals surface area contributed by atoms with E-state index in [4.69, 9.17) is 0 Å². The number of anilines is 1. The lowest BCUT2D eigenvalue weighted by Gasteiger charge is -2.29. The van der Waals surface area contributed by atoms with Crippen molar-refractivity contribution in [3.05, 3.63) is 29.8 Å². The van der Waals surface area contributed by atoms with Gasteiger partial charge in [0, 0.05) is 18.8 Å². The van der Waals surface area contributed by atoms with Crippen molar-refractivity contribution in [2.75, 3.05) is 18.0 Å². The Bertz CT molecular complexity index is 287. The van der Waals surface area contributed by atoms with Gasteiger partial charge in [-0.05, 0) is 43.4 Å². The van der Waals surface area contributed by atoms with Gasteiger partial charge in [-0.2, -0.15) is 0 Å². The van der Waals surface area contributed by atoms with Gasteiger partial charge in [0.25, 0.3) is 0 Å². The third-order valence-corrected chi connectivity index (χ3v) is 3.04. The number of benzene rings is 1. The number of hydrogen-bond acceptors (Lipinski definition) is 1. The second kappa shape index (κ2) is 4.50. The van der Waals surface area contributed by atoms with Crippen LogP contribution in [0.2, 0.25) is 0 Å². The average molecular weight is 189 g/mol. The molecule has 0 radical (unpaired) electrons. The number of nitrogens with zero attached hydrogens (tertiary/aromatic N) is 1. The van der Waals surface area contributed by atoms with Crippen molar-refractivity contribution in [1.82, 2.24) is 0 Å². The van der Waals surface area contributed by atoms with Crippen LogP contribution in [0.1, 0.15) is 31.7 Å². The maximum atomic E-state index is 2.52. The molecule has 1 aromatic carbocycles. The highest BCUT2D eigenvalue weighted by atomic mass is 15.1. The molecule has 14 heavy (non-hydrogen) atoms. The zero-order valence-electron chi connectivity index (χ0n) is 9.00. The van der Waals surface area contributed by atoms with Gasteiger partial charge in [0.05, 0.1) is 0 Å². The molecule has 1 aromatic rings. The highest BCUT2D eigenvalue weighted by Crippen LogP contribution is 2.20. The molecule has 0 aromatic heterocycles. The van der Waals surface area contributed by atoms with Crippen LogP contribution in [0.25, 0.3) is 0 Å². The third-order valence-electron chi connectivity index (χ3n) is 3.04. The number of rotatable bonds is 2. The first-order chi connectivity index (χ1) is 6.90. The average Bonchev–Trinajstić information content (AvgIpc) is 2.30. The van der Waals surface area contributed by atoms with Crippen LogP contribution in [-0.2, 0) is 6.42 Å². The molecule has 0 amide bonds. The molecule has 1 aliphatic heterocycles. The van der Waals surface area contributed by atoms with E-state index in [1.165, 1.54) is 43.6 Å². The van der Waals surface area contributed by atoms with Crippen molar-refractivity contribution in [1.29, 1.82) is 0 Å². The fourth-order valence-electron chi connectivity index (χ4n) is 2.13. The summed E-state index contributed by atoms with van der Waals surface area (Å²) in [4.78, 5) is 2.52. The van der Waals surface area contributed by atoms with E-state index >= 15 is 0 Å². The molecule has 0 atom stereocenters. The van der Waals surface area contributed by atoms with Gasteiger partial charge < -0.3 is 4.90 Å². The number of aryl methyl sites for hydroxylation is 1. The van der Waals surface area contributed by atoms with Crippen LogP contribution in [0.4, 0.5) is 5.69 Å². The molecule has 76 valence electrons. The number of hydrogen-bond donors (Lipinski definition) is 0. The van der Waals surface area contributed by atoms with Crippen molar-refractivity contribution >= 4 is 5.69 Å². The molecule has 0 bridgehead atoms. The molecule has 1 aliphatic rings. The topological polar surface area (TPSA) is 3.24 Å². The Hall–Kier alpha value is -0.980.